The molecule has 2 aliphatic heterocycles. The molecule has 2 aliphatic rings. The minimum atomic E-state index is -0.896. The lowest BCUT2D eigenvalue weighted by Gasteiger charge is -2.34. The number of imide groups is 1. The van der Waals surface area contributed by atoms with E-state index in [4.69, 9.17) is 0 Å². The summed E-state index contributed by atoms with van der Waals surface area (Å²) in [5.41, 5.74) is -0.896. The van der Waals surface area contributed by atoms with Gasteiger partial charge in [-0.2, -0.15) is 0 Å². The Hall–Kier alpha value is -2.12. The summed E-state index contributed by atoms with van der Waals surface area (Å²) in [6.07, 6.45) is 2.58. The Labute approximate surface area is 154 Å². The summed E-state index contributed by atoms with van der Waals surface area (Å²) in [7, 11) is 0. The van der Waals surface area contributed by atoms with Gasteiger partial charge in [0.25, 0.3) is 5.91 Å². The molecule has 0 spiro atoms. The van der Waals surface area contributed by atoms with E-state index in [9.17, 15) is 19.2 Å². The van der Waals surface area contributed by atoms with Crippen LogP contribution in [-0.4, -0.2) is 64.8 Å². The molecule has 8 heteroatoms. The van der Waals surface area contributed by atoms with Crippen LogP contribution in [-0.2, 0) is 14.4 Å². The van der Waals surface area contributed by atoms with Crippen LogP contribution in [0.1, 0.15) is 53.4 Å². The molecule has 0 aliphatic carbocycles. The largest absolute Gasteiger partial charge is 0.351 e. The van der Waals surface area contributed by atoms with Crippen LogP contribution in [0.4, 0.5) is 4.79 Å². The van der Waals surface area contributed by atoms with E-state index in [1.165, 1.54) is 0 Å². The van der Waals surface area contributed by atoms with E-state index in [2.05, 4.69) is 10.6 Å². The van der Waals surface area contributed by atoms with Crippen LogP contribution in [0.3, 0.4) is 0 Å². The number of carbonyl (C=O) groups is 4. The lowest BCUT2D eigenvalue weighted by molar-refractivity contribution is -0.140. The topological polar surface area (TPSA) is 98.8 Å². The second-order valence-corrected chi connectivity index (χ2v) is 7.45. The van der Waals surface area contributed by atoms with E-state index in [-0.39, 0.29) is 36.2 Å². The van der Waals surface area contributed by atoms with Gasteiger partial charge in [-0.3, -0.25) is 19.3 Å². The van der Waals surface area contributed by atoms with Crippen LogP contribution in [0.2, 0.25) is 0 Å². The second kappa shape index (κ2) is 8.05. The monoisotopic (exact) mass is 366 g/mol. The van der Waals surface area contributed by atoms with Gasteiger partial charge in [0.2, 0.25) is 11.8 Å². The maximum Gasteiger partial charge on any atom is 0.325 e. The molecule has 146 valence electrons. The first kappa shape index (κ1) is 20.2. The number of hydrogen-bond donors (Lipinski definition) is 2. The van der Waals surface area contributed by atoms with Gasteiger partial charge in [0, 0.05) is 25.0 Å². The number of nitrogens with zero attached hydrogens (tertiary/aromatic N) is 2. The summed E-state index contributed by atoms with van der Waals surface area (Å²) in [4.78, 5) is 52.0. The minimum Gasteiger partial charge on any atom is -0.351 e. The number of nitrogens with one attached hydrogen (secondary N) is 2. The molecule has 0 saturated carbocycles. The maximum absolute atomic E-state index is 12.6. The van der Waals surface area contributed by atoms with E-state index in [1.54, 1.807) is 4.90 Å². The van der Waals surface area contributed by atoms with E-state index >= 15 is 0 Å². The molecule has 0 aromatic carbocycles. The molecule has 5 amide bonds. The number of hydrogen-bond acceptors (Lipinski definition) is 4. The van der Waals surface area contributed by atoms with Gasteiger partial charge in [-0.15, -0.1) is 0 Å². The molecule has 0 aromatic heterocycles. The summed E-state index contributed by atoms with van der Waals surface area (Å²) >= 11 is 0. The number of urea groups is 1. The van der Waals surface area contributed by atoms with Gasteiger partial charge in [0.15, 0.2) is 0 Å². The molecule has 0 radical (unpaired) electrons. The third-order valence-electron chi connectivity index (χ3n) is 5.39. The number of carbonyl (C=O) groups excluding carboxylic acids is 4. The van der Waals surface area contributed by atoms with Gasteiger partial charge in [0.05, 0.1) is 0 Å². The lowest BCUT2D eigenvalue weighted by Crippen LogP contribution is -2.53. The lowest BCUT2D eigenvalue weighted by atomic mass is 9.93. The highest BCUT2D eigenvalue weighted by atomic mass is 16.2. The van der Waals surface area contributed by atoms with Gasteiger partial charge >= 0.3 is 6.03 Å². The fraction of sp³-hybridized carbons (Fsp3) is 0.778. The smallest absolute Gasteiger partial charge is 0.325 e. The molecule has 2 saturated heterocycles. The zero-order chi connectivity index (χ0) is 19.5. The minimum absolute atomic E-state index is 0.0333. The summed E-state index contributed by atoms with van der Waals surface area (Å²) in [6.45, 7) is 8.08. The third-order valence-corrected chi connectivity index (χ3v) is 5.39. The predicted octanol–water partition coefficient (Wildman–Crippen LogP) is 0.860. The molecule has 2 rings (SSSR count). The van der Waals surface area contributed by atoms with Crippen LogP contribution >= 0.6 is 0 Å². The van der Waals surface area contributed by atoms with Crippen molar-refractivity contribution < 1.29 is 19.2 Å². The molecular formula is C18H30N4O4. The van der Waals surface area contributed by atoms with E-state index in [0.717, 1.165) is 17.7 Å². The Bertz CT molecular complexity index is 586. The number of piperidine rings is 1. The van der Waals surface area contributed by atoms with Gasteiger partial charge in [-0.25, -0.2) is 4.79 Å². The zero-order valence-electron chi connectivity index (χ0n) is 16.1. The first-order valence-electron chi connectivity index (χ1n) is 9.46. The van der Waals surface area contributed by atoms with Crippen LogP contribution < -0.4 is 10.6 Å². The maximum atomic E-state index is 12.6. The molecular weight excluding hydrogens is 336 g/mol. The van der Waals surface area contributed by atoms with Gasteiger partial charge in [-0.05, 0) is 25.7 Å². The van der Waals surface area contributed by atoms with E-state index in [1.807, 2.05) is 27.7 Å². The Kier molecular flexibility index (Phi) is 6.26. The van der Waals surface area contributed by atoms with Crippen molar-refractivity contribution in [1.82, 2.24) is 20.4 Å². The average Bonchev–Trinajstić information content (AvgIpc) is 2.86. The predicted molar refractivity (Wildman–Crippen MR) is 96.1 cm³/mol. The van der Waals surface area contributed by atoms with Crippen molar-refractivity contribution in [2.75, 3.05) is 19.6 Å². The number of likely N-dealkylation sites (tertiary alicyclic amines) is 1. The van der Waals surface area contributed by atoms with Gasteiger partial charge in [-0.1, -0.05) is 27.7 Å². The standard InChI is InChI=1S/C18H30N4O4/c1-5-18(6-2)16(25)22(17(26)20-18)11-14(23)21-9-7-8-13(10-21)19-15(24)12(3)4/h12-13H,5-11H2,1-4H3,(H,19,24)(H,20,26). The van der Waals surface area contributed by atoms with Gasteiger partial charge in [0.1, 0.15) is 12.1 Å². The summed E-state index contributed by atoms with van der Waals surface area (Å²) in [6, 6.07) is -0.593. The summed E-state index contributed by atoms with van der Waals surface area (Å²) in [5.74, 6) is -0.736. The quantitative estimate of drug-likeness (QED) is 0.681. The van der Waals surface area contributed by atoms with Crippen LogP contribution in [0.25, 0.3) is 0 Å². The molecule has 2 fully saturated rings. The van der Waals surface area contributed by atoms with Crippen molar-refractivity contribution in [2.45, 2.75) is 65.0 Å². The van der Waals surface area contributed by atoms with Crippen molar-refractivity contribution in [3.05, 3.63) is 0 Å². The molecule has 0 bridgehead atoms. The summed E-state index contributed by atoms with van der Waals surface area (Å²) in [5, 5.41) is 5.68. The summed E-state index contributed by atoms with van der Waals surface area (Å²) < 4.78 is 0. The molecule has 26 heavy (non-hydrogen) atoms. The van der Waals surface area contributed by atoms with E-state index in [0.29, 0.717) is 25.9 Å². The van der Waals surface area contributed by atoms with Crippen molar-refractivity contribution in [1.29, 1.82) is 0 Å². The Morgan fingerprint density at radius 2 is 1.92 bits per heavy atom. The van der Waals surface area contributed by atoms with Crippen LogP contribution in [0, 0.1) is 5.92 Å². The second-order valence-electron chi connectivity index (χ2n) is 7.45. The highest BCUT2D eigenvalue weighted by Crippen LogP contribution is 2.25. The highest BCUT2D eigenvalue weighted by Gasteiger charge is 2.49. The van der Waals surface area contributed by atoms with Crippen LogP contribution in [0.5, 0.6) is 0 Å². The molecule has 2 N–H and O–H groups in total. The molecule has 8 nitrogen and oxygen atoms in total. The Morgan fingerprint density at radius 1 is 1.27 bits per heavy atom. The molecule has 1 atom stereocenters. The normalized spacial score (nSPS) is 22.6. The molecule has 2 heterocycles. The Morgan fingerprint density at radius 3 is 2.46 bits per heavy atom. The first-order chi connectivity index (χ1) is 12.2. The van der Waals surface area contributed by atoms with Crippen LogP contribution in [0.15, 0.2) is 0 Å². The van der Waals surface area contributed by atoms with Gasteiger partial charge < -0.3 is 15.5 Å². The van der Waals surface area contributed by atoms with Crippen molar-refractivity contribution >= 4 is 23.8 Å². The SMILES string of the molecule is CCC1(CC)NC(=O)N(CC(=O)N2CCCC(NC(=O)C(C)C)C2)C1=O. The average molecular weight is 366 g/mol. The van der Waals surface area contributed by atoms with Crippen molar-refractivity contribution in [3.63, 3.8) is 0 Å². The number of rotatable bonds is 6. The van der Waals surface area contributed by atoms with Crippen molar-refractivity contribution in [2.24, 2.45) is 5.92 Å². The highest BCUT2D eigenvalue weighted by molar-refractivity contribution is 6.09. The zero-order valence-corrected chi connectivity index (χ0v) is 16.1. The molecule has 0 aromatic rings. The fourth-order valence-electron chi connectivity index (χ4n) is 3.47. The molecule has 1 unspecified atom stereocenters. The fourth-order valence-corrected chi connectivity index (χ4v) is 3.47. The Balaban J connectivity index is 1.98. The number of amides is 5. The third kappa shape index (κ3) is 3.99. The van der Waals surface area contributed by atoms with E-state index < -0.39 is 11.6 Å². The first-order valence-corrected chi connectivity index (χ1v) is 9.46. The van der Waals surface area contributed by atoms with Crippen molar-refractivity contribution in [3.8, 4) is 0 Å².